The van der Waals surface area contributed by atoms with Crippen molar-refractivity contribution in [3.05, 3.63) is 29.3 Å². The first-order chi connectivity index (χ1) is 6.33. The van der Waals surface area contributed by atoms with Gasteiger partial charge in [0, 0.05) is 19.4 Å². The number of aromatic nitrogens is 1. The SMILES string of the molecule is CCC[n+]1c(C)sc2ccccc21.[I-]. The van der Waals surface area contributed by atoms with E-state index in [0.717, 1.165) is 6.54 Å². The summed E-state index contributed by atoms with van der Waals surface area (Å²) in [4.78, 5) is 0. The Bertz CT molecular complexity index is 422. The number of halogens is 1. The van der Waals surface area contributed by atoms with Gasteiger partial charge in [-0.1, -0.05) is 30.4 Å². The molecule has 1 aromatic carbocycles. The maximum Gasteiger partial charge on any atom is 0.235 e. The van der Waals surface area contributed by atoms with E-state index in [9.17, 15) is 0 Å². The van der Waals surface area contributed by atoms with Crippen LogP contribution in [-0.2, 0) is 6.54 Å². The monoisotopic (exact) mass is 319 g/mol. The number of nitrogens with zero attached hydrogens (tertiary/aromatic N) is 1. The highest BCUT2D eigenvalue weighted by molar-refractivity contribution is 7.18. The molecule has 2 aromatic rings. The average molecular weight is 319 g/mol. The van der Waals surface area contributed by atoms with Gasteiger partial charge in [-0.25, -0.2) is 0 Å². The van der Waals surface area contributed by atoms with Crippen LogP contribution in [0.25, 0.3) is 10.2 Å². The molecule has 3 heteroatoms. The van der Waals surface area contributed by atoms with Gasteiger partial charge in [0.2, 0.25) is 10.5 Å². The summed E-state index contributed by atoms with van der Waals surface area (Å²) >= 11 is 1.88. The van der Waals surface area contributed by atoms with Crippen molar-refractivity contribution in [2.75, 3.05) is 0 Å². The van der Waals surface area contributed by atoms with Gasteiger partial charge in [0.05, 0.1) is 0 Å². The minimum absolute atomic E-state index is 0. The molecule has 0 radical (unpaired) electrons. The zero-order chi connectivity index (χ0) is 9.26. The summed E-state index contributed by atoms with van der Waals surface area (Å²) in [6.07, 6.45) is 1.20. The van der Waals surface area contributed by atoms with Crippen molar-refractivity contribution in [1.29, 1.82) is 0 Å². The normalized spacial score (nSPS) is 10.1. The molecule has 0 unspecified atom stereocenters. The average Bonchev–Trinajstić information content (AvgIpc) is 2.44. The van der Waals surface area contributed by atoms with Crippen LogP contribution < -0.4 is 28.5 Å². The van der Waals surface area contributed by atoms with Crippen LogP contribution in [0.2, 0.25) is 0 Å². The molecule has 14 heavy (non-hydrogen) atoms. The Morgan fingerprint density at radius 1 is 1.29 bits per heavy atom. The third kappa shape index (κ3) is 2.08. The van der Waals surface area contributed by atoms with Gasteiger partial charge in [0.15, 0.2) is 0 Å². The van der Waals surface area contributed by atoms with Crippen molar-refractivity contribution in [1.82, 2.24) is 0 Å². The highest BCUT2D eigenvalue weighted by atomic mass is 127. The molecule has 0 spiro atoms. The van der Waals surface area contributed by atoms with Gasteiger partial charge in [0.25, 0.3) is 0 Å². The second kappa shape index (κ2) is 5.07. The van der Waals surface area contributed by atoms with E-state index >= 15 is 0 Å². The Balaban J connectivity index is 0.000000980. The van der Waals surface area contributed by atoms with Crippen molar-refractivity contribution in [3.8, 4) is 0 Å². The second-order valence-electron chi connectivity index (χ2n) is 3.24. The minimum atomic E-state index is 0. The van der Waals surface area contributed by atoms with Gasteiger partial charge >= 0.3 is 0 Å². The van der Waals surface area contributed by atoms with E-state index in [0.29, 0.717) is 0 Å². The van der Waals surface area contributed by atoms with Crippen molar-refractivity contribution in [2.24, 2.45) is 0 Å². The second-order valence-corrected chi connectivity index (χ2v) is 4.48. The number of aryl methyl sites for hydroxylation is 2. The molecule has 76 valence electrons. The Labute approximate surface area is 106 Å². The van der Waals surface area contributed by atoms with Crippen LogP contribution in [0.1, 0.15) is 18.4 Å². The number of para-hydroxylation sites is 1. The topological polar surface area (TPSA) is 3.88 Å². The molecule has 1 nitrogen and oxygen atoms in total. The molecule has 1 aromatic heterocycles. The molecule has 1 heterocycles. The standard InChI is InChI=1S/C11H14NS.HI/c1-3-8-12-9(2)13-11-7-5-4-6-10(11)12;/h4-7H,3,8H2,1-2H3;1H/q+1;/p-1. The summed E-state index contributed by atoms with van der Waals surface area (Å²) in [5.74, 6) is 0. The first-order valence-corrected chi connectivity index (χ1v) is 5.52. The summed E-state index contributed by atoms with van der Waals surface area (Å²) in [5.41, 5.74) is 1.38. The quantitative estimate of drug-likeness (QED) is 0.538. The third-order valence-corrected chi connectivity index (χ3v) is 3.32. The van der Waals surface area contributed by atoms with E-state index in [1.807, 2.05) is 11.3 Å². The van der Waals surface area contributed by atoms with Crippen molar-refractivity contribution < 1.29 is 28.5 Å². The lowest BCUT2D eigenvalue weighted by Crippen LogP contribution is -3.00. The van der Waals surface area contributed by atoms with Crippen LogP contribution in [0.5, 0.6) is 0 Å². The number of rotatable bonds is 2. The fraction of sp³-hybridized carbons (Fsp3) is 0.364. The molecule has 0 amide bonds. The number of benzene rings is 1. The molecule has 0 saturated heterocycles. The summed E-state index contributed by atoms with van der Waals surface area (Å²) in [7, 11) is 0. The van der Waals surface area contributed by atoms with E-state index in [-0.39, 0.29) is 24.0 Å². The molecule has 0 aliphatic heterocycles. The maximum absolute atomic E-state index is 2.40. The zero-order valence-corrected chi connectivity index (χ0v) is 11.4. The lowest BCUT2D eigenvalue weighted by molar-refractivity contribution is -0.672. The van der Waals surface area contributed by atoms with Crippen LogP contribution >= 0.6 is 11.3 Å². The van der Waals surface area contributed by atoms with Crippen molar-refractivity contribution >= 4 is 21.6 Å². The molecular weight excluding hydrogens is 305 g/mol. The Hall–Kier alpha value is -0.160. The van der Waals surface area contributed by atoms with Crippen molar-refractivity contribution in [2.45, 2.75) is 26.8 Å². The minimum Gasteiger partial charge on any atom is -1.00 e. The van der Waals surface area contributed by atoms with Gasteiger partial charge in [-0.05, 0) is 6.07 Å². The fourth-order valence-electron chi connectivity index (χ4n) is 1.65. The van der Waals surface area contributed by atoms with Gasteiger partial charge in [0.1, 0.15) is 11.2 Å². The summed E-state index contributed by atoms with van der Waals surface area (Å²) in [5, 5.41) is 1.41. The third-order valence-electron chi connectivity index (χ3n) is 2.24. The molecule has 0 fully saturated rings. The number of thiazole rings is 1. The Morgan fingerprint density at radius 3 is 2.71 bits per heavy atom. The lowest BCUT2D eigenvalue weighted by atomic mass is 10.3. The van der Waals surface area contributed by atoms with E-state index in [1.54, 1.807) is 0 Å². The maximum atomic E-state index is 2.40. The number of hydrogen-bond acceptors (Lipinski definition) is 1. The summed E-state index contributed by atoms with van der Waals surface area (Å²) < 4.78 is 3.80. The zero-order valence-electron chi connectivity index (χ0n) is 8.46. The van der Waals surface area contributed by atoms with Gasteiger partial charge in [-0.15, -0.1) is 0 Å². The van der Waals surface area contributed by atoms with E-state index < -0.39 is 0 Å². The van der Waals surface area contributed by atoms with Gasteiger partial charge in [-0.3, -0.25) is 0 Å². The Kier molecular flexibility index (Phi) is 4.31. The van der Waals surface area contributed by atoms with Crippen molar-refractivity contribution in [3.63, 3.8) is 0 Å². The molecule has 0 atom stereocenters. The molecule has 0 aliphatic rings. The summed E-state index contributed by atoms with van der Waals surface area (Å²) in [6, 6.07) is 8.61. The van der Waals surface area contributed by atoms with Crippen LogP contribution in [-0.4, -0.2) is 0 Å². The Morgan fingerprint density at radius 2 is 2.00 bits per heavy atom. The molecule has 0 aliphatic carbocycles. The van der Waals surface area contributed by atoms with Crippen LogP contribution in [0.4, 0.5) is 0 Å². The van der Waals surface area contributed by atoms with E-state index in [4.69, 9.17) is 0 Å². The number of fused-ring (bicyclic) bond motifs is 1. The highest BCUT2D eigenvalue weighted by Crippen LogP contribution is 2.19. The first kappa shape index (κ1) is 11.9. The molecule has 0 N–H and O–H groups in total. The van der Waals surface area contributed by atoms with E-state index in [2.05, 4.69) is 42.7 Å². The van der Waals surface area contributed by atoms with Crippen LogP contribution in [0.15, 0.2) is 24.3 Å². The summed E-state index contributed by atoms with van der Waals surface area (Å²) in [6.45, 7) is 5.55. The van der Waals surface area contributed by atoms with Crippen LogP contribution in [0.3, 0.4) is 0 Å². The lowest BCUT2D eigenvalue weighted by Gasteiger charge is -1.91. The smallest absolute Gasteiger partial charge is 0.235 e. The predicted octanol–water partition coefficient (Wildman–Crippen LogP) is -0.0888. The number of hydrogen-bond donors (Lipinski definition) is 0. The molecule has 2 rings (SSSR count). The van der Waals surface area contributed by atoms with Crippen LogP contribution in [0, 0.1) is 6.92 Å². The first-order valence-electron chi connectivity index (χ1n) is 4.71. The molecule has 0 saturated carbocycles. The highest BCUT2D eigenvalue weighted by Gasteiger charge is 2.14. The largest absolute Gasteiger partial charge is 1.00 e. The van der Waals surface area contributed by atoms with Gasteiger partial charge in [-0.2, -0.15) is 4.57 Å². The van der Waals surface area contributed by atoms with E-state index in [1.165, 1.54) is 21.6 Å². The van der Waals surface area contributed by atoms with Gasteiger partial charge < -0.3 is 24.0 Å². The molecule has 0 bridgehead atoms. The predicted molar refractivity (Wildman–Crippen MR) is 57.0 cm³/mol. The molecular formula is C11H14INS. The fourth-order valence-corrected chi connectivity index (χ4v) is 2.70.